The average molecular weight is 190 g/mol. The lowest BCUT2D eigenvalue weighted by Crippen LogP contribution is -2.37. The maximum atomic E-state index is 11.7. The molecule has 2 aliphatic carbocycles. The number of carbonyl (C=O) groups is 1. The monoisotopic (exact) mass is 190 g/mol. The normalized spacial score (nSPS) is 42.0. The van der Waals surface area contributed by atoms with Crippen molar-refractivity contribution in [2.24, 2.45) is 17.3 Å². The summed E-state index contributed by atoms with van der Waals surface area (Å²) in [4.78, 5) is 11.7. The van der Waals surface area contributed by atoms with Crippen molar-refractivity contribution in [1.82, 2.24) is 0 Å². The predicted octanol–water partition coefficient (Wildman–Crippen LogP) is 3.12. The molecule has 0 heterocycles. The summed E-state index contributed by atoms with van der Waals surface area (Å²) in [6.45, 7) is 4.31. The molecule has 3 atom stereocenters. The van der Waals surface area contributed by atoms with Crippen molar-refractivity contribution in [2.45, 2.75) is 33.1 Å². The molecule has 0 unspecified atom stereocenters. The first-order valence-corrected chi connectivity index (χ1v) is 5.50. The molecule has 2 bridgehead atoms. The van der Waals surface area contributed by atoms with E-state index in [0.29, 0.717) is 17.1 Å². The van der Waals surface area contributed by atoms with Gasteiger partial charge in [-0.25, -0.2) is 0 Å². The molecule has 0 aromatic carbocycles. The van der Waals surface area contributed by atoms with E-state index in [1.54, 1.807) is 0 Å². The number of ketones is 1. The summed E-state index contributed by atoms with van der Waals surface area (Å²) >= 11 is 0. The van der Waals surface area contributed by atoms with Crippen molar-refractivity contribution in [1.29, 1.82) is 0 Å². The molecule has 14 heavy (non-hydrogen) atoms. The smallest absolute Gasteiger partial charge is 0.159 e. The van der Waals surface area contributed by atoms with Crippen LogP contribution in [0.5, 0.6) is 0 Å². The summed E-state index contributed by atoms with van der Waals surface area (Å²) in [5, 5.41) is 0. The molecule has 0 amide bonds. The Hall–Kier alpha value is -0.850. The third kappa shape index (κ3) is 1.56. The highest BCUT2D eigenvalue weighted by molar-refractivity contribution is 5.93. The average Bonchev–Trinajstić information content (AvgIpc) is 2.17. The van der Waals surface area contributed by atoms with Gasteiger partial charge in [-0.3, -0.25) is 4.79 Å². The van der Waals surface area contributed by atoms with Crippen molar-refractivity contribution in [2.75, 3.05) is 0 Å². The number of rotatable bonds is 1. The Kier molecular flexibility index (Phi) is 2.34. The highest BCUT2D eigenvalue weighted by Gasteiger charge is 2.40. The third-order valence-corrected chi connectivity index (χ3v) is 3.71. The van der Waals surface area contributed by atoms with Gasteiger partial charge in [0, 0.05) is 5.92 Å². The number of carbonyl (C=O) groups excluding carboxylic acids is 1. The van der Waals surface area contributed by atoms with Crippen molar-refractivity contribution in [3.8, 4) is 0 Å². The molecule has 1 nitrogen and oxygen atoms in total. The summed E-state index contributed by atoms with van der Waals surface area (Å²) in [6, 6.07) is 0. The molecular formula is C13H18O. The fourth-order valence-corrected chi connectivity index (χ4v) is 2.80. The van der Waals surface area contributed by atoms with Gasteiger partial charge in [0.25, 0.3) is 0 Å². The zero-order valence-corrected chi connectivity index (χ0v) is 8.99. The first-order valence-electron chi connectivity index (χ1n) is 5.50. The van der Waals surface area contributed by atoms with Crippen molar-refractivity contribution in [3.63, 3.8) is 0 Å². The Labute approximate surface area is 85.9 Å². The minimum absolute atomic E-state index is 0.259. The molecule has 0 spiro atoms. The van der Waals surface area contributed by atoms with Crippen LogP contribution in [-0.4, -0.2) is 5.78 Å². The van der Waals surface area contributed by atoms with Crippen LogP contribution in [0.2, 0.25) is 0 Å². The second-order valence-corrected chi connectivity index (χ2v) is 4.93. The molecule has 0 aromatic heterocycles. The van der Waals surface area contributed by atoms with E-state index in [2.05, 4.69) is 25.2 Å². The number of allylic oxidation sites excluding steroid dienone is 4. The maximum Gasteiger partial charge on any atom is 0.159 e. The van der Waals surface area contributed by atoms with Gasteiger partial charge in [0.05, 0.1) is 0 Å². The van der Waals surface area contributed by atoms with Crippen LogP contribution in [0.25, 0.3) is 0 Å². The molecule has 1 fully saturated rings. The van der Waals surface area contributed by atoms with E-state index in [9.17, 15) is 4.79 Å². The van der Waals surface area contributed by atoms with Crippen molar-refractivity contribution in [3.05, 3.63) is 24.3 Å². The van der Waals surface area contributed by atoms with Crippen molar-refractivity contribution < 1.29 is 4.79 Å². The van der Waals surface area contributed by atoms with Gasteiger partial charge in [-0.05, 0) is 43.6 Å². The Morgan fingerprint density at radius 2 is 2.36 bits per heavy atom. The van der Waals surface area contributed by atoms with Crippen LogP contribution >= 0.6 is 0 Å². The summed E-state index contributed by atoms with van der Waals surface area (Å²) < 4.78 is 0. The highest BCUT2D eigenvalue weighted by Crippen LogP contribution is 2.46. The molecule has 0 radical (unpaired) electrons. The molecule has 1 saturated carbocycles. The second kappa shape index (κ2) is 3.38. The van der Waals surface area contributed by atoms with Gasteiger partial charge in [-0.2, -0.15) is 0 Å². The first kappa shape index (κ1) is 9.70. The van der Waals surface area contributed by atoms with E-state index in [0.717, 1.165) is 6.42 Å². The minimum Gasteiger partial charge on any atom is -0.295 e. The SMILES string of the molecule is C/C=C/[C@@H]1CC[C@]2(C)C=CC(=O)[C@H]1C2. The van der Waals surface area contributed by atoms with Crippen LogP contribution in [0, 0.1) is 17.3 Å². The van der Waals surface area contributed by atoms with Crippen LogP contribution in [0.3, 0.4) is 0 Å². The quantitative estimate of drug-likeness (QED) is 0.581. The van der Waals surface area contributed by atoms with Crippen LogP contribution in [-0.2, 0) is 4.79 Å². The van der Waals surface area contributed by atoms with Gasteiger partial charge >= 0.3 is 0 Å². The van der Waals surface area contributed by atoms with E-state index < -0.39 is 0 Å². The topological polar surface area (TPSA) is 17.1 Å². The standard InChI is InChI=1S/C13H18O/c1-3-4-10-5-7-13(2)8-6-12(14)11(10)9-13/h3-4,6,8,10-11H,5,7,9H2,1-2H3/b4-3+/t10-,11+,13-/m1/s1. The molecule has 2 aliphatic rings. The third-order valence-electron chi connectivity index (χ3n) is 3.71. The Balaban J connectivity index is 2.25. The van der Waals surface area contributed by atoms with Gasteiger partial charge in [-0.15, -0.1) is 0 Å². The van der Waals surface area contributed by atoms with Crippen LogP contribution in [0.15, 0.2) is 24.3 Å². The summed E-state index contributed by atoms with van der Waals surface area (Å²) in [6.07, 6.45) is 11.7. The highest BCUT2D eigenvalue weighted by atomic mass is 16.1. The first-order chi connectivity index (χ1) is 6.64. The molecule has 0 aliphatic heterocycles. The minimum atomic E-state index is 0.259. The summed E-state index contributed by atoms with van der Waals surface area (Å²) in [7, 11) is 0. The summed E-state index contributed by atoms with van der Waals surface area (Å²) in [5.74, 6) is 1.09. The second-order valence-electron chi connectivity index (χ2n) is 4.93. The number of hydrogen-bond acceptors (Lipinski definition) is 1. The van der Waals surface area contributed by atoms with Gasteiger partial charge in [0.15, 0.2) is 5.78 Å². The molecule has 0 aromatic rings. The van der Waals surface area contributed by atoms with Crippen LogP contribution < -0.4 is 0 Å². The van der Waals surface area contributed by atoms with Crippen LogP contribution in [0.4, 0.5) is 0 Å². The number of fused-ring (bicyclic) bond motifs is 2. The maximum absolute atomic E-state index is 11.7. The van der Waals surface area contributed by atoms with Crippen LogP contribution in [0.1, 0.15) is 33.1 Å². The lowest BCUT2D eigenvalue weighted by molar-refractivity contribution is -0.122. The van der Waals surface area contributed by atoms with Gasteiger partial charge in [0.2, 0.25) is 0 Å². The van der Waals surface area contributed by atoms with E-state index in [1.807, 2.05) is 13.0 Å². The fraction of sp³-hybridized carbons (Fsp3) is 0.615. The van der Waals surface area contributed by atoms with Crippen molar-refractivity contribution >= 4 is 5.78 Å². The van der Waals surface area contributed by atoms with E-state index in [1.165, 1.54) is 12.8 Å². The Morgan fingerprint density at radius 1 is 1.57 bits per heavy atom. The summed E-state index contributed by atoms with van der Waals surface area (Å²) in [5.41, 5.74) is 0.302. The van der Waals surface area contributed by atoms with Gasteiger partial charge in [-0.1, -0.05) is 25.2 Å². The Bertz CT molecular complexity index is 300. The lowest BCUT2D eigenvalue weighted by atomic mass is 9.62. The molecule has 0 saturated heterocycles. The van der Waals surface area contributed by atoms with E-state index >= 15 is 0 Å². The molecule has 1 heteroatoms. The fourth-order valence-electron chi connectivity index (χ4n) is 2.80. The van der Waals surface area contributed by atoms with Gasteiger partial charge < -0.3 is 0 Å². The molecular weight excluding hydrogens is 172 g/mol. The van der Waals surface area contributed by atoms with E-state index in [-0.39, 0.29) is 5.92 Å². The lowest BCUT2D eigenvalue weighted by Gasteiger charge is -2.41. The van der Waals surface area contributed by atoms with E-state index in [4.69, 9.17) is 0 Å². The largest absolute Gasteiger partial charge is 0.295 e. The Morgan fingerprint density at radius 3 is 3.07 bits per heavy atom. The molecule has 2 rings (SSSR count). The number of hydrogen-bond donors (Lipinski definition) is 0. The zero-order valence-electron chi connectivity index (χ0n) is 8.99. The zero-order chi connectivity index (χ0) is 10.2. The molecule has 0 N–H and O–H groups in total. The van der Waals surface area contributed by atoms with Gasteiger partial charge in [0.1, 0.15) is 0 Å². The molecule has 76 valence electrons. The predicted molar refractivity (Wildman–Crippen MR) is 57.9 cm³/mol.